The van der Waals surface area contributed by atoms with Gasteiger partial charge in [-0.25, -0.2) is 0 Å². The predicted octanol–water partition coefficient (Wildman–Crippen LogP) is 1.64. The van der Waals surface area contributed by atoms with Crippen LogP contribution in [0.1, 0.15) is 35.0 Å². The largest absolute Gasteiger partial charge is 0.316 e. The Morgan fingerprint density at radius 1 is 1.32 bits per heavy atom. The molecule has 0 radical (unpaired) electrons. The van der Waals surface area contributed by atoms with Gasteiger partial charge in [-0.3, -0.25) is 14.4 Å². The van der Waals surface area contributed by atoms with E-state index >= 15 is 0 Å². The first-order valence-electron chi connectivity index (χ1n) is 9.10. The Labute approximate surface area is 177 Å². The number of aromatic nitrogens is 3. The van der Waals surface area contributed by atoms with Crippen molar-refractivity contribution < 1.29 is 0 Å². The highest BCUT2D eigenvalue weighted by Gasteiger charge is 2.31. The van der Waals surface area contributed by atoms with Crippen molar-refractivity contribution in [3.63, 3.8) is 0 Å². The minimum absolute atomic E-state index is 0. The molecule has 2 aromatic heterocycles. The molecule has 28 heavy (non-hydrogen) atoms. The summed E-state index contributed by atoms with van der Waals surface area (Å²) < 4.78 is 3.58. The number of nitrogens with zero attached hydrogens (tertiary/aromatic N) is 5. The lowest BCUT2D eigenvalue weighted by molar-refractivity contribution is 0.254. The number of pyridine rings is 1. The van der Waals surface area contributed by atoms with Gasteiger partial charge in [0.05, 0.1) is 5.69 Å². The second-order valence-corrected chi connectivity index (χ2v) is 7.58. The first kappa shape index (κ1) is 22.4. The number of nitrogens with one attached hydrogen (secondary N) is 1. The topological polar surface area (TPSA) is 78.9 Å². The highest BCUT2D eigenvalue weighted by Crippen LogP contribution is 2.31. The van der Waals surface area contributed by atoms with Crippen LogP contribution in [-0.2, 0) is 26.7 Å². The van der Waals surface area contributed by atoms with Gasteiger partial charge in [0.2, 0.25) is 0 Å². The maximum Gasteiger partial charge on any atom is 0.255 e. The van der Waals surface area contributed by atoms with Crippen LogP contribution in [-0.4, -0.2) is 39.4 Å². The fourth-order valence-corrected chi connectivity index (χ4v) is 4.29. The second kappa shape index (κ2) is 9.10. The number of hydrogen-bond acceptors (Lipinski definition) is 5. The number of hydrogen-bond donors (Lipinski definition) is 1. The van der Waals surface area contributed by atoms with E-state index in [0.717, 1.165) is 30.9 Å². The zero-order valence-corrected chi connectivity index (χ0v) is 17.7. The lowest BCUT2D eigenvalue weighted by atomic mass is 9.84. The molecular formula is C19H26Cl2N6O. The summed E-state index contributed by atoms with van der Waals surface area (Å²) in [5.74, 6) is 1.02. The van der Waals surface area contributed by atoms with Gasteiger partial charge in [0.1, 0.15) is 11.8 Å². The van der Waals surface area contributed by atoms with Gasteiger partial charge >= 0.3 is 0 Å². The molecule has 2 bridgehead atoms. The number of nitriles is 1. The Morgan fingerprint density at radius 3 is 2.82 bits per heavy atom. The third kappa shape index (κ3) is 4.26. The van der Waals surface area contributed by atoms with E-state index in [1.807, 2.05) is 17.7 Å². The first-order valence-corrected chi connectivity index (χ1v) is 9.10. The lowest BCUT2D eigenvalue weighted by Crippen LogP contribution is -2.45. The van der Waals surface area contributed by atoms with E-state index in [1.165, 1.54) is 12.1 Å². The third-order valence-electron chi connectivity index (χ3n) is 5.50. The summed E-state index contributed by atoms with van der Waals surface area (Å²) in [6.45, 7) is 3.97. The molecule has 0 spiro atoms. The van der Waals surface area contributed by atoms with Crippen molar-refractivity contribution in [2.24, 2.45) is 13.0 Å². The number of rotatable bonds is 4. The number of fused-ring (bicyclic) bond motifs is 4. The fraction of sp³-hybridized carbons (Fsp3) is 0.526. The molecule has 7 nitrogen and oxygen atoms in total. The molecule has 2 atom stereocenters. The van der Waals surface area contributed by atoms with E-state index < -0.39 is 0 Å². The van der Waals surface area contributed by atoms with Gasteiger partial charge in [0.25, 0.3) is 5.56 Å². The molecule has 4 rings (SSSR count). The van der Waals surface area contributed by atoms with Crippen molar-refractivity contribution in [3.05, 3.63) is 51.2 Å². The third-order valence-corrected chi connectivity index (χ3v) is 5.50. The Bertz CT molecular complexity index is 931. The Kier molecular flexibility index (Phi) is 7.29. The van der Waals surface area contributed by atoms with Gasteiger partial charge in [-0.15, -0.1) is 24.8 Å². The van der Waals surface area contributed by atoms with Gasteiger partial charge < -0.3 is 9.88 Å². The maximum absolute atomic E-state index is 13.0. The molecule has 1 N–H and O–H groups in total. The Balaban J connectivity index is 0.00000140. The Hall–Kier alpha value is -1.85. The smallest absolute Gasteiger partial charge is 0.255 e. The lowest BCUT2D eigenvalue weighted by Gasteiger charge is -2.37. The van der Waals surface area contributed by atoms with Crippen molar-refractivity contribution in [1.82, 2.24) is 24.6 Å². The molecule has 9 heteroatoms. The zero-order valence-electron chi connectivity index (χ0n) is 16.1. The van der Waals surface area contributed by atoms with Crippen LogP contribution in [0.4, 0.5) is 0 Å². The molecule has 2 aliphatic rings. The van der Waals surface area contributed by atoms with Crippen LogP contribution in [0.25, 0.3) is 0 Å². The molecule has 1 saturated heterocycles. The normalized spacial score (nSPS) is 19.9. The SMILES string of the molecule is CN(Cc1cc(C#N)n(C)n1)Cc1ccc2n(c1=O)C[C@@H]1CNC[C@H]2C1.Cl.Cl. The van der Waals surface area contributed by atoms with E-state index in [0.29, 0.717) is 30.6 Å². The van der Waals surface area contributed by atoms with Gasteiger partial charge in [-0.2, -0.15) is 10.4 Å². The highest BCUT2D eigenvalue weighted by molar-refractivity contribution is 5.85. The monoisotopic (exact) mass is 424 g/mol. The average molecular weight is 425 g/mol. The minimum Gasteiger partial charge on any atom is -0.316 e. The van der Waals surface area contributed by atoms with Gasteiger partial charge in [-0.05, 0) is 38.1 Å². The van der Waals surface area contributed by atoms with Crippen LogP contribution in [0, 0.1) is 17.2 Å². The van der Waals surface area contributed by atoms with E-state index in [9.17, 15) is 4.79 Å². The summed E-state index contributed by atoms with van der Waals surface area (Å²) in [4.78, 5) is 15.1. The molecule has 152 valence electrons. The molecule has 0 saturated carbocycles. The highest BCUT2D eigenvalue weighted by atomic mass is 35.5. The van der Waals surface area contributed by atoms with Crippen molar-refractivity contribution >= 4 is 24.8 Å². The second-order valence-electron chi connectivity index (χ2n) is 7.58. The molecule has 0 aliphatic carbocycles. The molecule has 1 fully saturated rings. The maximum atomic E-state index is 13.0. The molecule has 0 amide bonds. The molecule has 0 aromatic carbocycles. The molecule has 2 aliphatic heterocycles. The summed E-state index contributed by atoms with van der Waals surface area (Å²) in [6.07, 6.45) is 1.19. The van der Waals surface area contributed by atoms with Crippen molar-refractivity contribution in [2.75, 3.05) is 20.1 Å². The Morgan fingerprint density at radius 2 is 2.11 bits per heavy atom. The van der Waals surface area contributed by atoms with Crippen molar-refractivity contribution in [3.8, 4) is 6.07 Å². The molecule has 2 aromatic rings. The standard InChI is InChI=1S/C19H24N6O.2ClH/c1-23(12-16-6-17(7-20)24(2)22-16)11-14-3-4-18-15-5-13(8-21-9-15)10-25(18)19(14)26;;/h3-4,6,13,15,21H,5,8-12H2,1-2H3;2*1H/t13-,15+;;/m0../s1. The molecular weight excluding hydrogens is 399 g/mol. The van der Waals surface area contributed by atoms with Crippen LogP contribution in [0.5, 0.6) is 0 Å². The van der Waals surface area contributed by atoms with Gasteiger partial charge in [0, 0.05) is 50.4 Å². The quantitative estimate of drug-likeness (QED) is 0.806. The first-order chi connectivity index (χ1) is 12.5. The van der Waals surface area contributed by atoms with Crippen molar-refractivity contribution in [2.45, 2.75) is 32.0 Å². The average Bonchev–Trinajstić information content (AvgIpc) is 2.97. The van der Waals surface area contributed by atoms with E-state index in [2.05, 4.69) is 27.5 Å². The van der Waals surface area contributed by atoms with Crippen molar-refractivity contribution in [1.29, 1.82) is 5.26 Å². The number of halogens is 2. The predicted molar refractivity (Wildman–Crippen MR) is 112 cm³/mol. The molecule has 4 heterocycles. The van der Waals surface area contributed by atoms with Crippen LogP contribution >= 0.6 is 24.8 Å². The van der Waals surface area contributed by atoms with Crippen LogP contribution < -0.4 is 10.9 Å². The van der Waals surface area contributed by atoms with Gasteiger partial charge in [0.15, 0.2) is 0 Å². The summed E-state index contributed by atoms with van der Waals surface area (Å²) in [5.41, 5.74) is 3.52. The summed E-state index contributed by atoms with van der Waals surface area (Å²) >= 11 is 0. The molecule has 0 unspecified atom stereocenters. The van der Waals surface area contributed by atoms with E-state index in [-0.39, 0.29) is 30.4 Å². The summed E-state index contributed by atoms with van der Waals surface area (Å²) in [5, 5.41) is 16.9. The zero-order chi connectivity index (χ0) is 18.3. The van der Waals surface area contributed by atoms with Crippen LogP contribution in [0.3, 0.4) is 0 Å². The van der Waals surface area contributed by atoms with Crippen LogP contribution in [0.15, 0.2) is 23.0 Å². The minimum atomic E-state index is 0. The summed E-state index contributed by atoms with van der Waals surface area (Å²) in [6, 6.07) is 8.04. The van der Waals surface area contributed by atoms with Gasteiger partial charge in [-0.1, -0.05) is 6.07 Å². The fourth-order valence-electron chi connectivity index (χ4n) is 4.29. The number of piperidine rings is 1. The van der Waals surface area contributed by atoms with E-state index in [4.69, 9.17) is 5.26 Å². The van der Waals surface area contributed by atoms with Crippen LogP contribution in [0.2, 0.25) is 0 Å². The summed E-state index contributed by atoms with van der Waals surface area (Å²) in [7, 11) is 3.74. The van der Waals surface area contributed by atoms with E-state index in [1.54, 1.807) is 17.8 Å². The number of aryl methyl sites for hydroxylation is 1.